The van der Waals surface area contributed by atoms with Crippen LogP contribution in [0.15, 0.2) is 30.3 Å². The van der Waals surface area contributed by atoms with Gasteiger partial charge in [0.05, 0.1) is 10.9 Å². The van der Waals surface area contributed by atoms with Gasteiger partial charge in [-0.15, -0.1) is 0 Å². The molecule has 0 heterocycles. The zero-order chi connectivity index (χ0) is 16.0. The first-order valence-electron chi connectivity index (χ1n) is 8.37. The number of para-hydroxylation sites is 1. The van der Waals surface area contributed by atoms with Crippen molar-refractivity contribution in [2.24, 2.45) is 17.3 Å². The molecule has 1 aromatic rings. The van der Waals surface area contributed by atoms with Crippen molar-refractivity contribution in [2.45, 2.75) is 51.7 Å². The van der Waals surface area contributed by atoms with E-state index in [1.54, 1.807) is 4.31 Å². The van der Waals surface area contributed by atoms with Crippen molar-refractivity contribution in [1.82, 2.24) is 0 Å². The molecular weight excluding hydrogens is 294 g/mol. The second-order valence-electron chi connectivity index (χ2n) is 7.92. The molecule has 3 rings (SSSR count). The van der Waals surface area contributed by atoms with Gasteiger partial charge in [-0.25, -0.2) is 8.42 Å². The van der Waals surface area contributed by atoms with Gasteiger partial charge in [-0.2, -0.15) is 0 Å². The third-order valence-corrected chi connectivity index (χ3v) is 7.25. The summed E-state index contributed by atoms with van der Waals surface area (Å²) >= 11 is 0. The summed E-state index contributed by atoms with van der Waals surface area (Å²) in [5.41, 5.74) is 0.956. The SMILES string of the molecule is CC(C)(C)[C@H](CN(c1ccccc1)S(=O)(=O)C1CC1)C1CC1. The standard InChI is InChI=1S/C18H27NO2S/c1-18(2,3)17(14-9-10-14)13-19(15-7-5-4-6-8-15)22(20,21)16-11-12-16/h4-8,14,16-17H,9-13H2,1-3H3/t17-/m1/s1. The fourth-order valence-corrected chi connectivity index (χ4v) is 5.18. The molecule has 4 heteroatoms. The van der Waals surface area contributed by atoms with Gasteiger partial charge in [-0.1, -0.05) is 39.0 Å². The van der Waals surface area contributed by atoms with Crippen LogP contribution in [-0.2, 0) is 10.0 Å². The zero-order valence-electron chi connectivity index (χ0n) is 13.8. The largest absolute Gasteiger partial charge is 0.270 e. The van der Waals surface area contributed by atoms with Crippen LogP contribution in [0.4, 0.5) is 5.69 Å². The number of sulfonamides is 1. The summed E-state index contributed by atoms with van der Waals surface area (Å²) in [4.78, 5) is 0. The Labute approximate surface area is 134 Å². The monoisotopic (exact) mass is 321 g/mol. The van der Waals surface area contributed by atoms with Gasteiger partial charge in [0.15, 0.2) is 0 Å². The van der Waals surface area contributed by atoms with Gasteiger partial charge in [0.25, 0.3) is 0 Å². The minimum Gasteiger partial charge on any atom is -0.270 e. The normalized spacial score (nSPS) is 20.7. The number of benzene rings is 1. The van der Waals surface area contributed by atoms with E-state index in [1.807, 2.05) is 30.3 Å². The molecule has 0 amide bonds. The summed E-state index contributed by atoms with van der Waals surface area (Å²) in [6, 6.07) is 9.63. The molecule has 0 bridgehead atoms. The summed E-state index contributed by atoms with van der Waals surface area (Å²) in [5, 5.41) is -0.160. The lowest BCUT2D eigenvalue weighted by Crippen LogP contribution is -2.42. The predicted molar refractivity (Wildman–Crippen MR) is 91.4 cm³/mol. The number of hydrogen-bond donors (Lipinski definition) is 0. The van der Waals surface area contributed by atoms with Crippen molar-refractivity contribution >= 4 is 15.7 Å². The smallest absolute Gasteiger partial charge is 0.238 e. The minimum atomic E-state index is -3.21. The highest BCUT2D eigenvalue weighted by molar-refractivity contribution is 7.93. The highest BCUT2D eigenvalue weighted by atomic mass is 32.2. The summed E-state index contributed by atoms with van der Waals surface area (Å²) < 4.78 is 27.6. The first-order valence-corrected chi connectivity index (χ1v) is 9.87. The molecule has 2 aliphatic carbocycles. The molecule has 0 N–H and O–H groups in total. The van der Waals surface area contributed by atoms with E-state index in [9.17, 15) is 8.42 Å². The number of anilines is 1. The van der Waals surface area contributed by atoms with Crippen molar-refractivity contribution in [2.75, 3.05) is 10.8 Å². The summed E-state index contributed by atoms with van der Waals surface area (Å²) in [7, 11) is -3.21. The lowest BCUT2D eigenvalue weighted by atomic mass is 9.77. The lowest BCUT2D eigenvalue weighted by Gasteiger charge is -2.36. The fraction of sp³-hybridized carbons (Fsp3) is 0.667. The highest BCUT2D eigenvalue weighted by Crippen LogP contribution is 2.47. The van der Waals surface area contributed by atoms with E-state index in [1.165, 1.54) is 12.8 Å². The van der Waals surface area contributed by atoms with Crippen molar-refractivity contribution in [1.29, 1.82) is 0 Å². The predicted octanol–water partition coefficient (Wildman–Crippen LogP) is 4.06. The Balaban J connectivity index is 1.92. The maximum absolute atomic E-state index is 12.9. The molecule has 0 saturated heterocycles. The molecule has 1 aromatic carbocycles. The highest BCUT2D eigenvalue weighted by Gasteiger charge is 2.45. The van der Waals surface area contributed by atoms with Gasteiger partial charge in [-0.3, -0.25) is 4.31 Å². The van der Waals surface area contributed by atoms with Crippen LogP contribution in [-0.4, -0.2) is 20.2 Å². The Morgan fingerprint density at radius 2 is 1.68 bits per heavy atom. The van der Waals surface area contributed by atoms with Crippen molar-refractivity contribution < 1.29 is 8.42 Å². The van der Waals surface area contributed by atoms with E-state index in [2.05, 4.69) is 20.8 Å². The third-order valence-electron chi connectivity index (χ3n) is 4.96. The summed E-state index contributed by atoms with van der Waals surface area (Å²) in [6.45, 7) is 7.34. The quantitative estimate of drug-likeness (QED) is 0.792. The van der Waals surface area contributed by atoms with Gasteiger partial charge in [0.2, 0.25) is 10.0 Å². The maximum atomic E-state index is 12.9. The van der Waals surface area contributed by atoms with Crippen LogP contribution in [0.3, 0.4) is 0 Å². The van der Waals surface area contributed by atoms with E-state index in [-0.39, 0.29) is 10.7 Å². The Kier molecular flexibility index (Phi) is 4.00. The molecule has 1 atom stereocenters. The van der Waals surface area contributed by atoms with E-state index in [0.29, 0.717) is 18.4 Å². The molecule has 0 unspecified atom stereocenters. The Bertz CT molecular complexity index is 610. The molecule has 22 heavy (non-hydrogen) atoms. The molecule has 0 aliphatic heterocycles. The maximum Gasteiger partial charge on any atom is 0.238 e. The third kappa shape index (κ3) is 3.32. The Morgan fingerprint density at radius 1 is 1.09 bits per heavy atom. The van der Waals surface area contributed by atoms with Crippen molar-refractivity contribution in [3.8, 4) is 0 Å². The van der Waals surface area contributed by atoms with Gasteiger partial charge < -0.3 is 0 Å². The average molecular weight is 321 g/mol. The van der Waals surface area contributed by atoms with Crippen LogP contribution in [0.1, 0.15) is 46.5 Å². The molecule has 0 spiro atoms. The van der Waals surface area contributed by atoms with Crippen molar-refractivity contribution in [3.63, 3.8) is 0 Å². The summed E-state index contributed by atoms with van der Waals surface area (Å²) in [5.74, 6) is 1.10. The van der Waals surface area contributed by atoms with E-state index < -0.39 is 10.0 Å². The number of hydrogen-bond acceptors (Lipinski definition) is 2. The molecule has 122 valence electrons. The van der Waals surface area contributed by atoms with Crippen LogP contribution in [0.25, 0.3) is 0 Å². The van der Waals surface area contributed by atoms with E-state index in [4.69, 9.17) is 0 Å². The molecule has 0 aromatic heterocycles. The lowest BCUT2D eigenvalue weighted by molar-refractivity contribution is 0.219. The van der Waals surface area contributed by atoms with Crippen LogP contribution in [0, 0.1) is 17.3 Å². The fourth-order valence-electron chi connectivity index (χ4n) is 3.30. The van der Waals surface area contributed by atoms with Crippen LogP contribution >= 0.6 is 0 Å². The first kappa shape index (κ1) is 15.9. The summed E-state index contributed by atoms with van der Waals surface area (Å²) in [6.07, 6.45) is 4.12. The Hall–Kier alpha value is -1.03. The zero-order valence-corrected chi connectivity index (χ0v) is 14.6. The molecule has 0 radical (unpaired) electrons. The van der Waals surface area contributed by atoms with Gasteiger partial charge in [-0.05, 0) is 55.1 Å². The molecule has 2 fully saturated rings. The number of rotatable bonds is 6. The van der Waals surface area contributed by atoms with Crippen LogP contribution < -0.4 is 4.31 Å². The molecule has 3 nitrogen and oxygen atoms in total. The number of nitrogens with zero attached hydrogens (tertiary/aromatic N) is 1. The topological polar surface area (TPSA) is 37.4 Å². The van der Waals surface area contributed by atoms with Crippen molar-refractivity contribution in [3.05, 3.63) is 30.3 Å². The van der Waals surface area contributed by atoms with Gasteiger partial charge in [0.1, 0.15) is 0 Å². The van der Waals surface area contributed by atoms with E-state index in [0.717, 1.165) is 18.5 Å². The van der Waals surface area contributed by atoms with E-state index >= 15 is 0 Å². The Morgan fingerprint density at radius 3 is 2.14 bits per heavy atom. The van der Waals surface area contributed by atoms with Gasteiger partial charge >= 0.3 is 0 Å². The van der Waals surface area contributed by atoms with Crippen LogP contribution in [0.2, 0.25) is 0 Å². The second kappa shape index (κ2) is 5.55. The molecule has 2 aliphatic rings. The average Bonchev–Trinajstić information content (AvgIpc) is 3.30. The van der Waals surface area contributed by atoms with Crippen LogP contribution in [0.5, 0.6) is 0 Å². The first-order chi connectivity index (χ1) is 10.3. The molecular formula is C18H27NO2S. The second-order valence-corrected chi connectivity index (χ2v) is 10.1. The molecule has 2 saturated carbocycles. The minimum absolute atomic E-state index is 0.132. The van der Waals surface area contributed by atoms with Gasteiger partial charge in [0, 0.05) is 6.54 Å².